The summed E-state index contributed by atoms with van der Waals surface area (Å²) in [5.74, 6) is 1.86. The highest BCUT2D eigenvalue weighted by atomic mass is 16.5. The molecule has 2 aliphatic rings. The van der Waals surface area contributed by atoms with Gasteiger partial charge in [-0.05, 0) is 37.9 Å². The number of rotatable bonds is 5. The second-order valence-corrected chi connectivity index (χ2v) is 7.28. The van der Waals surface area contributed by atoms with E-state index in [9.17, 15) is 4.79 Å². The molecule has 6 heteroatoms. The molecule has 1 fully saturated rings. The van der Waals surface area contributed by atoms with Crippen molar-refractivity contribution in [3.8, 4) is 5.75 Å². The van der Waals surface area contributed by atoms with Crippen molar-refractivity contribution in [2.45, 2.75) is 45.2 Å². The molecule has 6 nitrogen and oxygen atoms in total. The van der Waals surface area contributed by atoms with Gasteiger partial charge in [-0.25, -0.2) is 9.97 Å². The molecule has 1 atom stereocenters. The number of ether oxygens (including phenoxy) is 1. The fourth-order valence-corrected chi connectivity index (χ4v) is 3.74. The van der Waals surface area contributed by atoms with Crippen molar-refractivity contribution in [2.24, 2.45) is 0 Å². The number of para-hydroxylation sites is 1. The molecule has 1 aromatic heterocycles. The molecule has 2 aromatic rings. The number of nitrogens with one attached hydrogen (secondary N) is 1. The zero-order valence-electron chi connectivity index (χ0n) is 15.8. The van der Waals surface area contributed by atoms with Crippen LogP contribution in [0.3, 0.4) is 0 Å². The van der Waals surface area contributed by atoms with Gasteiger partial charge in [0.2, 0.25) is 5.91 Å². The highest BCUT2D eigenvalue weighted by Gasteiger charge is 2.25. The molecular formula is C21H26N4O2. The number of nitrogens with zero attached hydrogens (tertiary/aromatic N) is 3. The lowest BCUT2D eigenvalue weighted by Crippen LogP contribution is -2.37. The number of carbonyl (C=O) groups excluding carboxylic acids is 1. The molecule has 0 radical (unpaired) electrons. The van der Waals surface area contributed by atoms with Crippen LogP contribution in [-0.4, -0.2) is 40.5 Å². The van der Waals surface area contributed by atoms with Crippen molar-refractivity contribution in [3.63, 3.8) is 0 Å². The topological polar surface area (TPSA) is 67.3 Å². The number of hydrogen-bond acceptors (Lipinski definition) is 5. The van der Waals surface area contributed by atoms with Gasteiger partial charge < -0.3 is 15.0 Å². The molecule has 0 bridgehead atoms. The quantitative estimate of drug-likeness (QED) is 0.881. The molecule has 1 amide bonds. The van der Waals surface area contributed by atoms with Crippen LogP contribution in [0.15, 0.2) is 30.5 Å². The molecule has 1 saturated heterocycles. The summed E-state index contributed by atoms with van der Waals surface area (Å²) in [5, 5.41) is 3.44. The first-order valence-corrected chi connectivity index (χ1v) is 9.75. The fraction of sp³-hybridized carbons (Fsp3) is 0.476. The monoisotopic (exact) mass is 366 g/mol. The maximum absolute atomic E-state index is 12.6. The summed E-state index contributed by atoms with van der Waals surface area (Å²) in [4.78, 5) is 23.8. The van der Waals surface area contributed by atoms with Crippen LogP contribution in [-0.2, 0) is 17.8 Å². The Bertz CT molecular complexity index is 818. The molecule has 3 heterocycles. The molecule has 1 aromatic carbocycles. The van der Waals surface area contributed by atoms with Crippen molar-refractivity contribution < 1.29 is 9.53 Å². The van der Waals surface area contributed by atoms with Crippen LogP contribution in [0.25, 0.3) is 0 Å². The van der Waals surface area contributed by atoms with Crippen molar-refractivity contribution in [2.75, 3.05) is 19.7 Å². The minimum atomic E-state index is 0.121. The average molecular weight is 366 g/mol. The molecule has 27 heavy (non-hydrogen) atoms. The zero-order valence-corrected chi connectivity index (χ0v) is 15.8. The number of hydrogen-bond donors (Lipinski definition) is 1. The second kappa shape index (κ2) is 8.05. The van der Waals surface area contributed by atoms with Gasteiger partial charge in [0.05, 0.1) is 24.8 Å². The Morgan fingerprint density at radius 2 is 2.26 bits per heavy atom. The fourth-order valence-electron chi connectivity index (χ4n) is 3.74. The first kappa shape index (κ1) is 17.9. The predicted octanol–water partition coefficient (Wildman–Crippen LogP) is 2.56. The van der Waals surface area contributed by atoms with Crippen LogP contribution in [0, 0.1) is 6.92 Å². The van der Waals surface area contributed by atoms with Gasteiger partial charge in [-0.1, -0.05) is 18.2 Å². The Morgan fingerprint density at radius 3 is 3.07 bits per heavy atom. The molecule has 0 unspecified atom stereocenters. The number of aryl methyl sites for hydroxylation is 1. The first-order valence-electron chi connectivity index (χ1n) is 9.75. The number of amides is 1. The lowest BCUT2D eigenvalue weighted by molar-refractivity contribution is -0.132. The van der Waals surface area contributed by atoms with Crippen LogP contribution in [0.2, 0.25) is 0 Å². The number of fused-ring (bicyclic) bond motifs is 1. The summed E-state index contributed by atoms with van der Waals surface area (Å²) in [7, 11) is 0. The zero-order chi connectivity index (χ0) is 18.6. The summed E-state index contributed by atoms with van der Waals surface area (Å²) in [6, 6.07) is 8.16. The Hall–Kier alpha value is -2.47. The van der Waals surface area contributed by atoms with E-state index < -0.39 is 0 Å². The van der Waals surface area contributed by atoms with E-state index >= 15 is 0 Å². The molecule has 0 saturated carbocycles. The third-order valence-corrected chi connectivity index (χ3v) is 5.34. The summed E-state index contributed by atoms with van der Waals surface area (Å²) < 4.78 is 5.76. The molecule has 142 valence electrons. The number of aromatic nitrogens is 2. The van der Waals surface area contributed by atoms with E-state index in [4.69, 9.17) is 9.72 Å². The lowest BCUT2D eigenvalue weighted by atomic mass is 10.1. The highest BCUT2D eigenvalue weighted by Crippen LogP contribution is 2.23. The SMILES string of the molecule is Cc1ccccc1OCCC(=O)N1CCc2nc([C@H]3CCCN3)ncc2C1. The van der Waals surface area contributed by atoms with Gasteiger partial charge in [0, 0.05) is 31.3 Å². The number of carbonyl (C=O) groups is 1. The van der Waals surface area contributed by atoms with Crippen LogP contribution < -0.4 is 10.1 Å². The van der Waals surface area contributed by atoms with Crippen LogP contribution in [0.4, 0.5) is 0 Å². The minimum absolute atomic E-state index is 0.121. The van der Waals surface area contributed by atoms with Crippen molar-refractivity contribution in [1.29, 1.82) is 0 Å². The standard InChI is InChI=1S/C21H26N4O2/c1-15-5-2-3-7-19(15)27-12-9-20(26)25-11-8-17-16(14-25)13-23-21(24-17)18-6-4-10-22-18/h2-3,5,7,13,18,22H,4,6,8-12,14H2,1H3/t18-/m1/s1. The van der Waals surface area contributed by atoms with Crippen LogP contribution in [0.1, 0.15) is 47.9 Å². The molecular weight excluding hydrogens is 340 g/mol. The average Bonchev–Trinajstić information content (AvgIpc) is 3.23. The van der Waals surface area contributed by atoms with E-state index in [0.717, 1.165) is 47.8 Å². The van der Waals surface area contributed by atoms with Crippen LogP contribution >= 0.6 is 0 Å². The van der Waals surface area contributed by atoms with Gasteiger partial charge in [0.25, 0.3) is 0 Å². The Kier molecular flexibility index (Phi) is 5.34. The Labute approximate surface area is 160 Å². The summed E-state index contributed by atoms with van der Waals surface area (Å²) in [5.41, 5.74) is 3.24. The summed E-state index contributed by atoms with van der Waals surface area (Å²) in [6.45, 7) is 4.75. The third-order valence-electron chi connectivity index (χ3n) is 5.34. The predicted molar refractivity (Wildman–Crippen MR) is 102 cm³/mol. The Morgan fingerprint density at radius 1 is 1.37 bits per heavy atom. The normalized spacial score (nSPS) is 19.0. The largest absolute Gasteiger partial charge is 0.493 e. The van der Waals surface area contributed by atoms with E-state index in [-0.39, 0.29) is 11.9 Å². The van der Waals surface area contributed by atoms with Gasteiger partial charge in [-0.15, -0.1) is 0 Å². The van der Waals surface area contributed by atoms with E-state index in [1.165, 1.54) is 6.42 Å². The number of benzene rings is 1. The summed E-state index contributed by atoms with van der Waals surface area (Å²) >= 11 is 0. The molecule has 4 rings (SSSR count). The second-order valence-electron chi connectivity index (χ2n) is 7.28. The first-order chi connectivity index (χ1) is 13.2. The van der Waals surface area contributed by atoms with Crippen LogP contribution in [0.5, 0.6) is 5.75 Å². The van der Waals surface area contributed by atoms with Gasteiger partial charge in [-0.3, -0.25) is 4.79 Å². The Balaban J connectivity index is 1.32. The minimum Gasteiger partial charge on any atom is -0.493 e. The summed E-state index contributed by atoms with van der Waals surface area (Å²) in [6.07, 6.45) is 5.36. The maximum Gasteiger partial charge on any atom is 0.226 e. The van der Waals surface area contributed by atoms with Gasteiger partial charge in [0.15, 0.2) is 0 Å². The van der Waals surface area contributed by atoms with Gasteiger partial charge in [0.1, 0.15) is 11.6 Å². The molecule has 2 aliphatic heterocycles. The van der Waals surface area contributed by atoms with Gasteiger partial charge >= 0.3 is 0 Å². The van der Waals surface area contributed by atoms with Crippen molar-refractivity contribution in [1.82, 2.24) is 20.2 Å². The smallest absolute Gasteiger partial charge is 0.226 e. The molecule has 0 aliphatic carbocycles. The van der Waals surface area contributed by atoms with E-state index in [0.29, 0.717) is 26.1 Å². The van der Waals surface area contributed by atoms with Crippen molar-refractivity contribution >= 4 is 5.91 Å². The van der Waals surface area contributed by atoms with E-state index in [1.807, 2.05) is 42.3 Å². The van der Waals surface area contributed by atoms with E-state index in [1.54, 1.807) is 0 Å². The van der Waals surface area contributed by atoms with Crippen molar-refractivity contribution in [3.05, 3.63) is 53.1 Å². The molecule has 1 N–H and O–H groups in total. The third kappa shape index (κ3) is 4.11. The van der Waals surface area contributed by atoms with E-state index in [2.05, 4.69) is 10.3 Å². The highest BCUT2D eigenvalue weighted by molar-refractivity contribution is 5.76. The lowest BCUT2D eigenvalue weighted by Gasteiger charge is -2.28. The maximum atomic E-state index is 12.6. The molecule has 0 spiro atoms. The van der Waals surface area contributed by atoms with Gasteiger partial charge in [-0.2, -0.15) is 0 Å².